The molecule has 1 aliphatic heterocycles. The Labute approximate surface area is 176 Å². The number of hydrogen-bond acceptors (Lipinski definition) is 5. The first kappa shape index (κ1) is 20.6. The third kappa shape index (κ3) is 3.50. The highest BCUT2D eigenvalue weighted by molar-refractivity contribution is 6.08. The van der Waals surface area contributed by atoms with Crippen LogP contribution in [0.15, 0.2) is 24.3 Å². The number of rotatable bonds is 6. The second-order valence-electron chi connectivity index (χ2n) is 9.15. The van der Waals surface area contributed by atoms with Crippen molar-refractivity contribution in [1.82, 2.24) is 4.90 Å². The molecule has 3 fully saturated rings. The van der Waals surface area contributed by atoms with Crippen LogP contribution in [0.4, 0.5) is 5.69 Å². The first-order valence-corrected chi connectivity index (χ1v) is 10.7. The first-order chi connectivity index (χ1) is 14.3. The van der Waals surface area contributed by atoms with Crippen LogP contribution in [0.2, 0.25) is 0 Å². The van der Waals surface area contributed by atoms with Crippen LogP contribution < -0.4 is 5.32 Å². The lowest BCUT2D eigenvalue weighted by molar-refractivity contribution is -0.162. The summed E-state index contributed by atoms with van der Waals surface area (Å²) in [4.78, 5) is 52.3. The Morgan fingerprint density at radius 2 is 1.77 bits per heavy atom. The van der Waals surface area contributed by atoms with E-state index in [4.69, 9.17) is 4.74 Å². The number of benzene rings is 1. The lowest BCUT2D eigenvalue weighted by Crippen LogP contribution is -2.50. The zero-order valence-electron chi connectivity index (χ0n) is 17.6. The summed E-state index contributed by atoms with van der Waals surface area (Å²) in [6.07, 6.45) is 2.90. The molecule has 0 spiro atoms. The average Bonchev–Trinajstić information content (AvgIpc) is 3.36. The van der Waals surface area contributed by atoms with Crippen LogP contribution in [-0.4, -0.2) is 41.2 Å². The van der Waals surface area contributed by atoms with Crippen molar-refractivity contribution in [1.29, 1.82) is 0 Å². The minimum absolute atomic E-state index is 0.239. The number of fused-ring (bicyclic) bond motifs is 5. The summed E-state index contributed by atoms with van der Waals surface area (Å²) < 4.78 is 5.23. The molecule has 7 nitrogen and oxygen atoms in total. The maximum atomic E-state index is 13.1. The van der Waals surface area contributed by atoms with Crippen LogP contribution in [0.1, 0.15) is 38.7 Å². The van der Waals surface area contributed by atoms with E-state index >= 15 is 0 Å². The topological polar surface area (TPSA) is 92.8 Å². The third-order valence-corrected chi connectivity index (χ3v) is 6.76. The lowest BCUT2D eigenvalue weighted by atomic mass is 9.81. The fourth-order valence-electron chi connectivity index (χ4n) is 5.52. The second kappa shape index (κ2) is 7.85. The molecule has 2 bridgehead atoms. The summed E-state index contributed by atoms with van der Waals surface area (Å²) >= 11 is 0. The molecule has 4 rings (SSSR count). The summed E-state index contributed by atoms with van der Waals surface area (Å²) in [7, 11) is 0. The zero-order valence-corrected chi connectivity index (χ0v) is 17.6. The fraction of sp³-hybridized carbons (Fsp3) is 0.565. The van der Waals surface area contributed by atoms with Gasteiger partial charge in [-0.3, -0.25) is 19.3 Å². The van der Waals surface area contributed by atoms with Gasteiger partial charge in [0.25, 0.3) is 5.91 Å². The summed E-state index contributed by atoms with van der Waals surface area (Å²) in [6, 6.07) is 6.29. The zero-order chi connectivity index (χ0) is 21.6. The molecular formula is C23H28N2O5. The molecule has 2 aliphatic carbocycles. The van der Waals surface area contributed by atoms with Crippen LogP contribution in [0.5, 0.6) is 0 Å². The van der Waals surface area contributed by atoms with Crippen molar-refractivity contribution in [2.75, 3.05) is 11.9 Å². The van der Waals surface area contributed by atoms with Crippen LogP contribution in [-0.2, 0) is 23.9 Å². The predicted molar refractivity (Wildman–Crippen MR) is 109 cm³/mol. The maximum Gasteiger partial charge on any atom is 0.330 e. The number of nitrogens with zero attached hydrogens (tertiary/aromatic N) is 1. The molecule has 1 aromatic carbocycles. The number of esters is 1. The largest absolute Gasteiger partial charge is 0.454 e. The van der Waals surface area contributed by atoms with E-state index in [0.29, 0.717) is 5.69 Å². The monoisotopic (exact) mass is 412 g/mol. The van der Waals surface area contributed by atoms with Gasteiger partial charge < -0.3 is 10.1 Å². The van der Waals surface area contributed by atoms with Gasteiger partial charge in [-0.2, -0.15) is 0 Å². The molecule has 1 saturated heterocycles. The highest BCUT2D eigenvalue weighted by Crippen LogP contribution is 2.56. The van der Waals surface area contributed by atoms with Gasteiger partial charge in [0.1, 0.15) is 6.04 Å². The SMILES string of the molecule is Cc1cccc(NC(=O)COC(=O)[C@@H](C(C)C)N2C(=O)[C@@H]3[C@@H]4CC[C@@H](C4)[C@@H]3C2=O)c1. The van der Waals surface area contributed by atoms with Crippen LogP contribution in [0.3, 0.4) is 0 Å². The fourth-order valence-corrected chi connectivity index (χ4v) is 5.52. The van der Waals surface area contributed by atoms with Gasteiger partial charge in [0, 0.05) is 5.69 Å². The van der Waals surface area contributed by atoms with E-state index in [1.54, 1.807) is 19.9 Å². The molecule has 1 N–H and O–H groups in total. The van der Waals surface area contributed by atoms with E-state index in [1.807, 2.05) is 25.1 Å². The number of anilines is 1. The molecule has 3 aliphatic rings. The Kier molecular flexibility index (Phi) is 5.38. The van der Waals surface area contributed by atoms with Crippen molar-refractivity contribution in [3.05, 3.63) is 29.8 Å². The Morgan fingerprint density at radius 3 is 2.33 bits per heavy atom. The molecule has 1 heterocycles. The molecule has 160 valence electrons. The third-order valence-electron chi connectivity index (χ3n) is 6.76. The van der Waals surface area contributed by atoms with Gasteiger partial charge in [0.15, 0.2) is 6.61 Å². The van der Waals surface area contributed by atoms with E-state index in [1.165, 1.54) is 0 Å². The number of likely N-dealkylation sites (tertiary alicyclic amines) is 1. The molecule has 0 radical (unpaired) electrons. The van der Waals surface area contributed by atoms with Gasteiger partial charge in [-0.15, -0.1) is 0 Å². The molecule has 0 unspecified atom stereocenters. The standard InChI is InChI=1S/C23H28N2O5/c1-12(2)20(23(29)30-11-17(26)24-16-6-4-5-13(3)9-16)25-21(27)18-14-7-8-15(10-14)19(18)22(25)28/h4-6,9,12,14-15,18-20H,7-8,10-11H2,1-3H3,(H,24,26)/t14-,15+,18-,19+,20-/m1/s1. The highest BCUT2D eigenvalue weighted by atomic mass is 16.5. The smallest absolute Gasteiger partial charge is 0.330 e. The van der Waals surface area contributed by atoms with E-state index < -0.39 is 24.5 Å². The molecule has 3 amide bonds. The van der Waals surface area contributed by atoms with Crippen molar-refractivity contribution in [2.24, 2.45) is 29.6 Å². The van der Waals surface area contributed by atoms with E-state index in [2.05, 4.69) is 5.32 Å². The Bertz CT molecular complexity index is 867. The lowest BCUT2D eigenvalue weighted by Gasteiger charge is -2.28. The van der Waals surface area contributed by atoms with Crippen LogP contribution in [0, 0.1) is 36.5 Å². The van der Waals surface area contributed by atoms with Crippen molar-refractivity contribution >= 4 is 29.4 Å². The molecule has 1 aromatic rings. The summed E-state index contributed by atoms with van der Waals surface area (Å²) in [5.74, 6) is -2.01. The normalized spacial score (nSPS) is 28.1. The Hall–Kier alpha value is -2.70. The quantitative estimate of drug-likeness (QED) is 0.573. The molecule has 30 heavy (non-hydrogen) atoms. The number of aryl methyl sites for hydroxylation is 1. The van der Waals surface area contributed by atoms with Gasteiger partial charge in [0.2, 0.25) is 11.8 Å². The molecule has 7 heteroatoms. The molecular weight excluding hydrogens is 384 g/mol. The van der Waals surface area contributed by atoms with Gasteiger partial charge >= 0.3 is 5.97 Å². The Balaban J connectivity index is 1.42. The Morgan fingerprint density at radius 1 is 1.13 bits per heavy atom. The van der Waals surface area contributed by atoms with Gasteiger partial charge in [-0.05, 0) is 61.6 Å². The van der Waals surface area contributed by atoms with Gasteiger partial charge in [-0.25, -0.2) is 4.79 Å². The molecule has 2 saturated carbocycles. The minimum Gasteiger partial charge on any atom is -0.454 e. The highest BCUT2D eigenvalue weighted by Gasteiger charge is 2.62. The minimum atomic E-state index is -0.998. The predicted octanol–water partition coefficient (Wildman–Crippen LogP) is 2.53. The first-order valence-electron chi connectivity index (χ1n) is 10.7. The molecule has 5 atom stereocenters. The van der Waals surface area contributed by atoms with Crippen molar-refractivity contribution in [2.45, 2.75) is 46.1 Å². The maximum absolute atomic E-state index is 13.1. The molecule has 0 aromatic heterocycles. The number of carbonyl (C=O) groups is 4. The summed E-state index contributed by atoms with van der Waals surface area (Å²) in [5, 5.41) is 2.68. The van der Waals surface area contributed by atoms with Crippen molar-refractivity contribution in [3.63, 3.8) is 0 Å². The van der Waals surface area contributed by atoms with Gasteiger partial charge in [-0.1, -0.05) is 26.0 Å². The number of amides is 3. The van der Waals surface area contributed by atoms with E-state index in [0.717, 1.165) is 29.7 Å². The van der Waals surface area contributed by atoms with Crippen LogP contribution in [0.25, 0.3) is 0 Å². The summed E-state index contributed by atoms with van der Waals surface area (Å²) in [5.41, 5.74) is 1.61. The number of hydrogen-bond donors (Lipinski definition) is 1. The number of imide groups is 1. The van der Waals surface area contributed by atoms with Crippen molar-refractivity contribution < 1.29 is 23.9 Å². The van der Waals surface area contributed by atoms with Crippen molar-refractivity contribution in [3.8, 4) is 0 Å². The van der Waals surface area contributed by atoms with Crippen LogP contribution >= 0.6 is 0 Å². The number of ether oxygens (including phenoxy) is 1. The second-order valence-corrected chi connectivity index (χ2v) is 9.15. The van der Waals surface area contributed by atoms with E-state index in [-0.39, 0.29) is 41.4 Å². The number of nitrogens with one attached hydrogen (secondary N) is 1. The van der Waals surface area contributed by atoms with E-state index in [9.17, 15) is 19.2 Å². The summed E-state index contributed by atoms with van der Waals surface area (Å²) in [6.45, 7) is 5.00. The van der Waals surface area contributed by atoms with Gasteiger partial charge in [0.05, 0.1) is 11.8 Å². The number of carbonyl (C=O) groups excluding carboxylic acids is 4. The average molecular weight is 412 g/mol.